The number of rotatable bonds is 6. The van der Waals surface area contributed by atoms with Crippen molar-refractivity contribution in [3.8, 4) is 11.5 Å². The largest absolute Gasteiger partial charge is 0.457 e. The van der Waals surface area contributed by atoms with E-state index >= 15 is 0 Å². The molecule has 0 aromatic heterocycles. The van der Waals surface area contributed by atoms with Crippen LogP contribution in [0.4, 0.5) is 10.5 Å². The highest BCUT2D eigenvalue weighted by molar-refractivity contribution is 5.90. The third-order valence-electron chi connectivity index (χ3n) is 6.75. The third kappa shape index (κ3) is 5.55. The van der Waals surface area contributed by atoms with Gasteiger partial charge >= 0.3 is 6.03 Å². The molecule has 2 saturated heterocycles. The number of nitrogens with zero attached hydrogens (tertiary/aromatic N) is 2. The molecule has 5 heteroatoms. The molecule has 5 nitrogen and oxygen atoms in total. The van der Waals surface area contributed by atoms with Crippen molar-refractivity contribution in [3.63, 3.8) is 0 Å². The first-order chi connectivity index (χ1) is 16.2. The van der Waals surface area contributed by atoms with Crippen molar-refractivity contribution in [2.24, 2.45) is 5.92 Å². The molecule has 2 amide bonds. The third-order valence-corrected chi connectivity index (χ3v) is 6.75. The predicted molar refractivity (Wildman–Crippen MR) is 132 cm³/mol. The van der Waals surface area contributed by atoms with Crippen molar-refractivity contribution in [1.29, 1.82) is 0 Å². The van der Waals surface area contributed by atoms with Gasteiger partial charge in [-0.25, -0.2) is 4.79 Å². The quantitative estimate of drug-likeness (QED) is 0.538. The summed E-state index contributed by atoms with van der Waals surface area (Å²) in [6.45, 7) is 3.87. The topological polar surface area (TPSA) is 44.8 Å². The average Bonchev–Trinajstić information content (AvgIpc) is 2.81. The summed E-state index contributed by atoms with van der Waals surface area (Å²) in [5.74, 6) is 2.26. The molecule has 0 radical (unpaired) electrons. The zero-order valence-electron chi connectivity index (χ0n) is 18.9. The summed E-state index contributed by atoms with van der Waals surface area (Å²) >= 11 is 0. The monoisotopic (exact) mass is 441 g/mol. The van der Waals surface area contributed by atoms with Gasteiger partial charge in [-0.2, -0.15) is 0 Å². The lowest BCUT2D eigenvalue weighted by Crippen LogP contribution is -2.63. The predicted octanol–water partition coefficient (Wildman–Crippen LogP) is 5.65. The van der Waals surface area contributed by atoms with E-state index in [-0.39, 0.29) is 6.03 Å². The van der Waals surface area contributed by atoms with E-state index in [0.717, 1.165) is 43.5 Å². The number of carbonyl (C=O) groups is 1. The van der Waals surface area contributed by atoms with Gasteiger partial charge in [0.25, 0.3) is 0 Å². The van der Waals surface area contributed by atoms with E-state index in [1.807, 2.05) is 59.5 Å². The lowest BCUT2D eigenvalue weighted by atomic mass is 9.89. The zero-order chi connectivity index (χ0) is 22.5. The van der Waals surface area contributed by atoms with Gasteiger partial charge in [0, 0.05) is 30.9 Å². The first kappa shape index (κ1) is 21.5. The second kappa shape index (κ2) is 10.1. The Kier molecular flexibility index (Phi) is 6.58. The molecule has 0 spiro atoms. The molecule has 2 aliphatic rings. The summed E-state index contributed by atoms with van der Waals surface area (Å²) < 4.78 is 5.87. The Morgan fingerprint density at radius 3 is 2.24 bits per heavy atom. The SMILES string of the molecule is O=C(Nc1cccc(Oc2ccccc2)c1)N1CC(N2CCC(Cc3ccccc3)CC2)C1. The molecule has 2 aliphatic heterocycles. The summed E-state index contributed by atoms with van der Waals surface area (Å²) in [4.78, 5) is 17.2. The Morgan fingerprint density at radius 2 is 1.52 bits per heavy atom. The van der Waals surface area contributed by atoms with Crippen LogP contribution in [0.15, 0.2) is 84.9 Å². The van der Waals surface area contributed by atoms with Crippen LogP contribution in [0.1, 0.15) is 18.4 Å². The molecule has 0 bridgehead atoms. The highest BCUT2D eigenvalue weighted by Gasteiger charge is 2.36. The van der Waals surface area contributed by atoms with E-state index in [0.29, 0.717) is 11.8 Å². The number of nitrogens with one attached hydrogen (secondary N) is 1. The molecule has 3 aromatic carbocycles. The Balaban J connectivity index is 1.06. The zero-order valence-corrected chi connectivity index (χ0v) is 18.9. The number of ether oxygens (including phenoxy) is 1. The molecule has 0 aliphatic carbocycles. The van der Waals surface area contributed by atoms with Gasteiger partial charge in [0.2, 0.25) is 0 Å². The maximum atomic E-state index is 12.7. The number of hydrogen-bond donors (Lipinski definition) is 1. The molecule has 0 unspecified atom stereocenters. The summed E-state index contributed by atoms with van der Waals surface area (Å²) in [5.41, 5.74) is 2.19. The van der Waals surface area contributed by atoms with Crippen molar-refractivity contribution >= 4 is 11.7 Å². The number of piperidine rings is 1. The molecule has 3 aromatic rings. The number of likely N-dealkylation sites (tertiary alicyclic amines) is 2. The first-order valence-electron chi connectivity index (χ1n) is 11.9. The van der Waals surface area contributed by atoms with Crippen LogP contribution in [0, 0.1) is 5.92 Å². The summed E-state index contributed by atoms with van der Waals surface area (Å²) in [6.07, 6.45) is 3.67. The number of benzene rings is 3. The minimum absolute atomic E-state index is 0.0397. The van der Waals surface area contributed by atoms with E-state index in [4.69, 9.17) is 4.74 Å². The molecule has 2 heterocycles. The minimum Gasteiger partial charge on any atom is -0.457 e. The smallest absolute Gasteiger partial charge is 0.321 e. The number of hydrogen-bond acceptors (Lipinski definition) is 3. The van der Waals surface area contributed by atoms with Crippen LogP contribution in [0.25, 0.3) is 0 Å². The van der Waals surface area contributed by atoms with E-state index in [2.05, 4.69) is 40.5 Å². The number of carbonyl (C=O) groups excluding carboxylic acids is 1. The fourth-order valence-corrected chi connectivity index (χ4v) is 4.79. The van der Waals surface area contributed by atoms with Crippen LogP contribution < -0.4 is 10.1 Å². The van der Waals surface area contributed by atoms with Crippen molar-refractivity contribution < 1.29 is 9.53 Å². The second-order valence-electron chi connectivity index (χ2n) is 9.10. The molecule has 5 rings (SSSR count). The van der Waals surface area contributed by atoms with E-state index in [1.165, 1.54) is 24.8 Å². The summed E-state index contributed by atoms with van der Waals surface area (Å²) in [6, 6.07) is 28.5. The molecular formula is C28H31N3O2. The van der Waals surface area contributed by atoms with Gasteiger partial charge in [-0.3, -0.25) is 4.90 Å². The first-order valence-corrected chi connectivity index (χ1v) is 11.9. The number of amides is 2. The Labute approximate surface area is 196 Å². The van der Waals surface area contributed by atoms with Crippen molar-refractivity contribution in [2.45, 2.75) is 25.3 Å². The number of anilines is 1. The Bertz CT molecular complexity index is 1040. The summed E-state index contributed by atoms with van der Waals surface area (Å²) in [7, 11) is 0. The average molecular weight is 442 g/mol. The van der Waals surface area contributed by atoms with Gasteiger partial charge in [0.15, 0.2) is 0 Å². The van der Waals surface area contributed by atoms with E-state index < -0.39 is 0 Å². The Morgan fingerprint density at radius 1 is 0.848 bits per heavy atom. The number of para-hydroxylation sites is 1. The van der Waals surface area contributed by atoms with Crippen LogP contribution >= 0.6 is 0 Å². The maximum absolute atomic E-state index is 12.7. The van der Waals surface area contributed by atoms with Gasteiger partial charge in [-0.1, -0.05) is 54.6 Å². The molecule has 170 valence electrons. The molecule has 2 fully saturated rings. The van der Waals surface area contributed by atoms with Crippen LogP contribution in [-0.2, 0) is 6.42 Å². The van der Waals surface area contributed by atoms with E-state index in [9.17, 15) is 4.79 Å². The Hall–Kier alpha value is -3.31. The molecular weight excluding hydrogens is 410 g/mol. The maximum Gasteiger partial charge on any atom is 0.321 e. The van der Waals surface area contributed by atoms with Gasteiger partial charge in [-0.15, -0.1) is 0 Å². The fourth-order valence-electron chi connectivity index (χ4n) is 4.79. The van der Waals surface area contributed by atoms with Crippen molar-refractivity contribution in [3.05, 3.63) is 90.5 Å². The highest BCUT2D eigenvalue weighted by atomic mass is 16.5. The summed E-state index contributed by atoms with van der Waals surface area (Å²) in [5, 5.41) is 3.02. The fraction of sp³-hybridized carbons (Fsp3) is 0.321. The van der Waals surface area contributed by atoms with Crippen molar-refractivity contribution in [1.82, 2.24) is 9.80 Å². The molecule has 0 atom stereocenters. The minimum atomic E-state index is -0.0397. The number of urea groups is 1. The molecule has 1 N–H and O–H groups in total. The standard InChI is InChI=1S/C28H31N3O2/c32-28(29-24-10-7-13-27(19-24)33-26-11-5-2-6-12-26)31-20-25(21-31)30-16-14-23(15-17-30)18-22-8-3-1-4-9-22/h1-13,19,23,25H,14-18,20-21H2,(H,29,32). The second-order valence-corrected chi connectivity index (χ2v) is 9.10. The van der Waals surface area contributed by atoms with E-state index in [1.54, 1.807) is 0 Å². The van der Waals surface area contributed by atoms with Gasteiger partial charge in [-0.05, 0) is 68.1 Å². The van der Waals surface area contributed by atoms with Gasteiger partial charge < -0.3 is 15.0 Å². The van der Waals surface area contributed by atoms with Crippen LogP contribution in [-0.4, -0.2) is 48.1 Å². The van der Waals surface area contributed by atoms with Crippen LogP contribution in [0.5, 0.6) is 11.5 Å². The molecule has 33 heavy (non-hydrogen) atoms. The molecule has 0 saturated carbocycles. The van der Waals surface area contributed by atoms with Crippen LogP contribution in [0.3, 0.4) is 0 Å². The van der Waals surface area contributed by atoms with Gasteiger partial charge in [0.05, 0.1) is 0 Å². The highest BCUT2D eigenvalue weighted by Crippen LogP contribution is 2.27. The van der Waals surface area contributed by atoms with Crippen molar-refractivity contribution in [2.75, 3.05) is 31.5 Å². The normalized spacial score (nSPS) is 17.4. The van der Waals surface area contributed by atoms with Crippen LogP contribution in [0.2, 0.25) is 0 Å². The lowest BCUT2D eigenvalue weighted by Gasteiger charge is -2.47. The van der Waals surface area contributed by atoms with Gasteiger partial charge in [0.1, 0.15) is 11.5 Å². The lowest BCUT2D eigenvalue weighted by molar-refractivity contribution is 0.0383.